The second kappa shape index (κ2) is 8.97. The van der Waals surface area contributed by atoms with E-state index in [9.17, 15) is 4.79 Å². The molecule has 0 bridgehead atoms. The summed E-state index contributed by atoms with van der Waals surface area (Å²) in [6.07, 6.45) is 5.47. The summed E-state index contributed by atoms with van der Waals surface area (Å²) in [5, 5.41) is 6.56. The molecule has 4 nitrogen and oxygen atoms in total. The molecule has 0 saturated carbocycles. The zero-order valence-corrected chi connectivity index (χ0v) is 15.6. The van der Waals surface area contributed by atoms with Gasteiger partial charge in [-0.15, -0.1) is 12.4 Å². The highest BCUT2D eigenvalue weighted by molar-refractivity contribution is 5.85. The van der Waals surface area contributed by atoms with Gasteiger partial charge in [-0.1, -0.05) is 30.3 Å². The SMILES string of the molecule is CC(NC(=O)[C@H]1CCN[C@@H](C)C1)c1ccc(-c2cccnc2)cc1.Cl. The first-order valence-corrected chi connectivity index (χ1v) is 8.67. The number of nitrogens with zero attached hydrogens (tertiary/aromatic N) is 1. The first-order valence-electron chi connectivity index (χ1n) is 8.67. The fourth-order valence-corrected chi connectivity index (χ4v) is 3.28. The van der Waals surface area contributed by atoms with Gasteiger partial charge in [-0.2, -0.15) is 0 Å². The van der Waals surface area contributed by atoms with Gasteiger partial charge in [-0.3, -0.25) is 9.78 Å². The number of benzene rings is 1. The number of rotatable bonds is 4. The summed E-state index contributed by atoms with van der Waals surface area (Å²) in [4.78, 5) is 16.6. The molecule has 1 amide bonds. The van der Waals surface area contributed by atoms with Crippen molar-refractivity contribution < 1.29 is 4.79 Å². The van der Waals surface area contributed by atoms with Gasteiger partial charge in [0.2, 0.25) is 5.91 Å². The van der Waals surface area contributed by atoms with E-state index in [1.54, 1.807) is 6.20 Å². The van der Waals surface area contributed by atoms with Crippen LogP contribution in [-0.4, -0.2) is 23.5 Å². The van der Waals surface area contributed by atoms with Gasteiger partial charge in [-0.05, 0) is 56.0 Å². The zero-order chi connectivity index (χ0) is 16.9. The highest BCUT2D eigenvalue weighted by Gasteiger charge is 2.25. The number of amides is 1. The van der Waals surface area contributed by atoms with Crippen LogP contribution < -0.4 is 10.6 Å². The number of hydrogen-bond acceptors (Lipinski definition) is 3. The summed E-state index contributed by atoms with van der Waals surface area (Å²) in [6.45, 7) is 5.11. The lowest BCUT2D eigenvalue weighted by Crippen LogP contribution is -2.42. The maximum Gasteiger partial charge on any atom is 0.223 e. The minimum absolute atomic E-state index is 0. The number of halogens is 1. The normalized spacial score (nSPS) is 21.0. The van der Waals surface area contributed by atoms with Crippen LogP contribution in [0.1, 0.15) is 38.3 Å². The second-order valence-corrected chi connectivity index (χ2v) is 6.67. The average Bonchev–Trinajstić information content (AvgIpc) is 2.62. The summed E-state index contributed by atoms with van der Waals surface area (Å²) < 4.78 is 0. The van der Waals surface area contributed by atoms with Crippen molar-refractivity contribution in [1.82, 2.24) is 15.6 Å². The van der Waals surface area contributed by atoms with Crippen molar-refractivity contribution in [2.45, 2.75) is 38.8 Å². The number of pyridine rings is 1. The molecule has 1 unspecified atom stereocenters. The Morgan fingerprint density at radius 3 is 2.64 bits per heavy atom. The van der Waals surface area contributed by atoms with Crippen LogP contribution in [0, 0.1) is 5.92 Å². The molecule has 0 spiro atoms. The topological polar surface area (TPSA) is 54.0 Å². The first-order chi connectivity index (χ1) is 11.6. The smallest absolute Gasteiger partial charge is 0.223 e. The Morgan fingerprint density at radius 2 is 2.00 bits per heavy atom. The van der Waals surface area contributed by atoms with Crippen molar-refractivity contribution in [2.24, 2.45) is 5.92 Å². The number of carbonyl (C=O) groups is 1. The van der Waals surface area contributed by atoms with Crippen LogP contribution in [-0.2, 0) is 4.79 Å². The van der Waals surface area contributed by atoms with Gasteiger partial charge in [0.15, 0.2) is 0 Å². The molecule has 3 atom stereocenters. The molecule has 3 rings (SSSR count). The maximum absolute atomic E-state index is 12.5. The Balaban J connectivity index is 0.00000225. The minimum Gasteiger partial charge on any atom is -0.349 e. The molecule has 1 aromatic carbocycles. The first kappa shape index (κ1) is 19.4. The standard InChI is InChI=1S/C20H25N3O.ClH/c1-14-12-18(9-11-22-14)20(24)23-15(2)16-5-7-17(8-6-16)19-4-3-10-21-13-19;/h3-8,10,13-15,18,22H,9,11-12H2,1-2H3,(H,23,24);1H/t14-,15?,18-;/m0./s1. The molecule has 1 aromatic heterocycles. The summed E-state index contributed by atoms with van der Waals surface area (Å²) in [7, 11) is 0. The van der Waals surface area contributed by atoms with Gasteiger partial charge in [-0.25, -0.2) is 0 Å². The van der Waals surface area contributed by atoms with Crippen LogP contribution in [0.5, 0.6) is 0 Å². The van der Waals surface area contributed by atoms with Gasteiger partial charge >= 0.3 is 0 Å². The number of aromatic nitrogens is 1. The van der Waals surface area contributed by atoms with Crippen molar-refractivity contribution in [2.75, 3.05) is 6.54 Å². The summed E-state index contributed by atoms with van der Waals surface area (Å²) >= 11 is 0. The Labute approximate surface area is 155 Å². The molecule has 1 aliphatic heterocycles. The van der Waals surface area contributed by atoms with Gasteiger partial charge in [0, 0.05) is 24.4 Å². The van der Waals surface area contributed by atoms with E-state index in [4.69, 9.17) is 0 Å². The summed E-state index contributed by atoms with van der Waals surface area (Å²) in [5.41, 5.74) is 3.36. The van der Waals surface area contributed by atoms with Crippen LogP contribution >= 0.6 is 12.4 Å². The molecule has 2 N–H and O–H groups in total. The minimum atomic E-state index is 0. The van der Waals surface area contributed by atoms with E-state index in [1.807, 2.05) is 25.3 Å². The molecule has 1 aliphatic rings. The summed E-state index contributed by atoms with van der Waals surface area (Å²) in [5.74, 6) is 0.297. The molecule has 0 aliphatic carbocycles. The van der Waals surface area contributed by atoms with E-state index in [-0.39, 0.29) is 30.3 Å². The monoisotopic (exact) mass is 359 g/mol. The molecular weight excluding hydrogens is 334 g/mol. The number of nitrogens with one attached hydrogen (secondary N) is 2. The Hall–Kier alpha value is -1.91. The lowest BCUT2D eigenvalue weighted by atomic mass is 9.92. The van der Waals surface area contributed by atoms with E-state index in [2.05, 4.69) is 46.8 Å². The van der Waals surface area contributed by atoms with Crippen LogP contribution in [0.4, 0.5) is 0 Å². The zero-order valence-electron chi connectivity index (χ0n) is 14.7. The molecule has 25 heavy (non-hydrogen) atoms. The molecule has 134 valence electrons. The average molecular weight is 360 g/mol. The lowest BCUT2D eigenvalue weighted by molar-refractivity contribution is -0.126. The van der Waals surface area contributed by atoms with Crippen LogP contribution in [0.15, 0.2) is 48.8 Å². The van der Waals surface area contributed by atoms with E-state index in [0.29, 0.717) is 6.04 Å². The number of carbonyl (C=O) groups excluding carboxylic acids is 1. The highest BCUT2D eigenvalue weighted by Crippen LogP contribution is 2.22. The van der Waals surface area contributed by atoms with Gasteiger partial charge in [0.1, 0.15) is 0 Å². The number of hydrogen-bond donors (Lipinski definition) is 2. The predicted octanol–water partition coefficient (Wildman–Crippen LogP) is 3.74. The summed E-state index contributed by atoms with van der Waals surface area (Å²) in [6, 6.07) is 12.8. The van der Waals surface area contributed by atoms with E-state index < -0.39 is 0 Å². The fraction of sp³-hybridized carbons (Fsp3) is 0.400. The highest BCUT2D eigenvalue weighted by atomic mass is 35.5. The quantitative estimate of drug-likeness (QED) is 0.874. The van der Waals surface area contributed by atoms with Crippen LogP contribution in [0.2, 0.25) is 0 Å². The maximum atomic E-state index is 12.5. The van der Waals surface area contributed by atoms with Crippen molar-refractivity contribution >= 4 is 18.3 Å². The van der Waals surface area contributed by atoms with Crippen molar-refractivity contribution in [3.05, 3.63) is 54.4 Å². The second-order valence-electron chi connectivity index (χ2n) is 6.67. The molecule has 2 aromatic rings. The molecular formula is C20H26ClN3O. The van der Waals surface area contributed by atoms with E-state index >= 15 is 0 Å². The van der Waals surface area contributed by atoms with Gasteiger partial charge in [0.25, 0.3) is 0 Å². The number of piperidine rings is 1. The third kappa shape index (κ3) is 5.03. The Kier molecular flexibility index (Phi) is 6.97. The third-order valence-corrected chi connectivity index (χ3v) is 4.76. The van der Waals surface area contributed by atoms with Crippen LogP contribution in [0.3, 0.4) is 0 Å². The van der Waals surface area contributed by atoms with Crippen molar-refractivity contribution in [3.63, 3.8) is 0 Å². The van der Waals surface area contributed by atoms with E-state index in [1.165, 1.54) is 0 Å². The van der Waals surface area contributed by atoms with Crippen LogP contribution in [0.25, 0.3) is 11.1 Å². The van der Waals surface area contributed by atoms with Crippen molar-refractivity contribution in [1.29, 1.82) is 0 Å². The van der Waals surface area contributed by atoms with Gasteiger partial charge < -0.3 is 10.6 Å². The van der Waals surface area contributed by atoms with Gasteiger partial charge in [0.05, 0.1) is 6.04 Å². The lowest BCUT2D eigenvalue weighted by Gasteiger charge is -2.28. The molecule has 1 saturated heterocycles. The molecule has 2 heterocycles. The van der Waals surface area contributed by atoms with Crippen molar-refractivity contribution in [3.8, 4) is 11.1 Å². The Bertz CT molecular complexity index is 675. The van der Waals surface area contributed by atoms with E-state index in [0.717, 1.165) is 36.1 Å². The third-order valence-electron chi connectivity index (χ3n) is 4.76. The molecule has 1 fully saturated rings. The fourth-order valence-electron chi connectivity index (χ4n) is 3.28. The molecule has 5 heteroatoms. The predicted molar refractivity (Wildman–Crippen MR) is 104 cm³/mol. The largest absolute Gasteiger partial charge is 0.349 e. The Morgan fingerprint density at radius 1 is 1.24 bits per heavy atom. The molecule has 0 radical (unpaired) electrons.